The molecule has 0 radical (unpaired) electrons. The van der Waals surface area contributed by atoms with Crippen molar-refractivity contribution in [3.63, 3.8) is 0 Å². The number of nitrogens with zero attached hydrogens (tertiary/aromatic N) is 1. The number of halogens is 2. The van der Waals surface area contributed by atoms with Crippen LogP contribution in [0.2, 0.25) is 0 Å². The third kappa shape index (κ3) is 4.47. The van der Waals surface area contributed by atoms with Crippen molar-refractivity contribution >= 4 is 37.8 Å². The molecule has 0 spiro atoms. The molecule has 0 fully saturated rings. The summed E-state index contributed by atoms with van der Waals surface area (Å²) < 4.78 is 7.46. The van der Waals surface area contributed by atoms with E-state index in [9.17, 15) is 9.59 Å². The minimum Gasteiger partial charge on any atom is -0.463 e. The van der Waals surface area contributed by atoms with Crippen LogP contribution >= 0.6 is 31.9 Å². The number of allylic oxidation sites excluding steroid dienone is 1. The first-order valence-electron chi connectivity index (χ1n) is 4.93. The zero-order valence-corrected chi connectivity index (χ0v) is 12.3. The summed E-state index contributed by atoms with van der Waals surface area (Å²) in [5.74, 6) is -0.408. The number of rotatable bonds is 4. The SMILES string of the molecule is CCOC(=O)/C=C/Cn1cc(Br)cc(Br)c1=O. The molecule has 0 atom stereocenters. The monoisotopic (exact) mass is 363 g/mol. The predicted molar refractivity (Wildman–Crippen MR) is 71.9 cm³/mol. The first-order chi connectivity index (χ1) is 8.04. The van der Waals surface area contributed by atoms with Gasteiger partial charge in [0.05, 0.1) is 11.1 Å². The number of esters is 1. The largest absolute Gasteiger partial charge is 0.463 e. The van der Waals surface area contributed by atoms with E-state index in [1.54, 1.807) is 25.3 Å². The minimum atomic E-state index is -0.408. The second-order valence-electron chi connectivity index (χ2n) is 3.12. The highest BCUT2D eigenvalue weighted by molar-refractivity contribution is 9.11. The molecule has 17 heavy (non-hydrogen) atoms. The topological polar surface area (TPSA) is 48.3 Å². The lowest BCUT2D eigenvalue weighted by Crippen LogP contribution is -2.19. The Kier molecular flexibility index (Phi) is 5.64. The van der Waals surface area contributed by atoms with Gasteiger partial charge in [-0.25, -0.2) is 4.79 Å². The zero-order valence-electron chi connectivity index (χ0n) is 9.15. The van der Waals surface area contributed by atoms with Gasteiger partial charge in [0.1, 0.15) is 0 Å². The van der Waals surface area contributed by atoms with Crippen molar-refractivity contribution in [1.82, 2.24) is 4.57 Å². The van der Waals surface area contributed by atoms with Crippen LogP contribution in [0.5, 0.6) is 0 Å². The summed E-state index contributed by atoms with van der Waals surface area (Å²) in [6, 6.07) is 1.67. The standard InChI is InChI=1S/C11H11Br2NO3/c1-2-17-10(15)4-3-5-14-7-8(12)6-9(13)11(14)16/h3-4,6-7H,2,5H2,1H3/b4-3+. The van der Waals surface area contributed by atoms with Gasteiger partial charge < -0.3 is 9.30 Å². The highest BCUT2D eigenvalue weighted by Gasteiger charge is 2.01. The van der Waals surface area contributed by atoms with Gasteiger partial charge in [0.25, 0.3) is 5.56 Å². The number of carbonyl (C=O) groups is 1. The number of hydrogen-bond acceptors (Lipinski definition) is 3. The van der Waals surface area contributed by atoms with Gasteiger partial charge in [-0.1, -0.05) is 6.08 Å². The number of pyridine rings is 1. The molecule has 0 saturated carbocycles. The molecule has 0 unspecified atom stereocenters. The Balaban J connectivity index is 2.76. The first-order valence-corrected chi connectivity index (χ1v) is 6.52. The quantitative estimate of drug-likeness (QED) is 0.609. The Labute approximate surface area is 116 Å². The molecule has 0 saturated heterocycles. The van der Waals surface area contributed by atoms with Gasteiger partial charge in [-0.2, -0.15) is 0 Å². The van der Waals surface area contributed by atoms with E-state index in [0.717, 1.165) is 4.47 Å². The molecule has 0 aliphatic carbocycles. The summed E-state index contributed by atoms with van der Waals surface area (Å²) in [7, 11) is 0. The summed E-state index contributed by atoms with van der Waals surface area (Å²) in [5.41, 5.74) is -0.151. The average Bonchev–Trinajstić information content (AvgIpc) is 2.25. The second kappa shape index (κ2) is 6.76. The Hall–Kier alpha value is -0.880. The Morgan fingerprint density at radius 1 is 1.53 bits per heavy atom. The number of ether oxygens (including phenoxy) is 1. The normalized spacial score (nSPS) is 10.8. The van der Waals surface area contributed by atoms with Crippen LogP contribution in [0.4, 0.5) is 0 Å². The van der Waals surface area contributed by atoms with Crippen molar-refractivity contribution < 1.29 is 9.53 Å². The molecular weight excluding hydrogens is 354 g/mol. The molecule has 92 valence electrons. The van der Waals surface area contributed by atoms with Gasteiger partial charge in [0, 0.05) is 23.3 Å². The third-order valence-electron chi connectivity index (χ3n) is 1.85. The van der Waals surface area contributed by atoms with E-state index >= 15 is 0 Å². The molecule has 0 bridgehead atoms. The summed E-state index contributed by atoms with van der Waals surface area (Å²) in [4.78, 5) is 22.7. The van der Waals surface area contributed by atoms with E-state index in [1.165, 1.54) is 10.6 Å². The van der Waals surface area contributed by atoms with Crippen LogP contribution in [-0.4, -0.2) is 17.1 Å². The van der Waals surface area contributed by atoms with Gasteiger partial charge in [-0.3, -0.25) is 4.79 Å². The lowest BCUT2D eigenvalue weighted by Gasteiger charge is -2.03. The summed E-state index contributed by atoms with van der Waals surface area (Å²) in [6.07, 6.45) is 4.55. The molecule has 4 nitrogen and oxygen atoms in total. The van der Waals surface area contributed by atoms with Crippen molar-refractivity contribution in [3.8, 4) is 0 Å². The fourth-order valence-corrected chi connectivity index (χ4v) is 2.41. The molecule has 0 N–H and O–H groups in total. The van der Waals surface area contributed by atoms with Gasteiger partial charge in [-0.15, -0.1) is 0 Å². The van der Waals surface area contributed by atoms with E-state index in [2.05, 4.69) is 31.9 Å². The van der Waals surface area contributed by atoms with Crippen molar-refractivity contribution in [2.45, 2.75) is 13.5 Å². The van der Waals surface area contributed by atoms with Crippen LogP contribution in [0, 0.1) is 0 Å². The highest BCUT2D eigenvalue weighted by atomic mass is 79.9. The average molecular weight is 365 g/mol. The molecule has 0 aromatic carbocycles. The molecular formula is C11H11Br2NO3. The van der Waals surface area contributed by atoms with Crippen LogP contribution in [-0.2, 0) is 16.1 Å². The molecule has 1 heterocycles. The van der Waals surface area contributed by atoms with E-state index < -0.39 is 5.97 Å². The van der Waals surface area contributed by atoms with Crippen LogP contribution < -0.4 is 5.56 Å². The second-order valence-corrected chi connectivity index (χ2v) is 4.89. The third-order valence-corrected chi connectivity index (χ3v) is 2.85. The minimum absolute atomic E-state index is 0.151. The van der Waals surface area contributed by atoms with E-state index in [0.29, 0.717) is 17.6 Å². The van der Waals surface area contributed by atoms with Crippen LogP contribution in [0.15, 0.2) is 38.2 Å². The lowest BCUT2D eigenvalue weighted by molar-refractivity contribution is -0.137. The number of hydrogen-bond donors (Lipinski definition) is 0. The molecule has 0 amide bonds. The highest BCUT2D eigenvalue weighted by Crippen LogP contribution is 2.12. The molecule has 0 aliphatic rings. The van der Waals surface area contributed by atoms with E-state index in [-0.39, 0.29) is 5.56 Å². The Morgan fingerprint density at radius 2 is 2.24 bits per heavy atom. The van der Waals surface area contributed by atoms with Gasteiger partial charge in [-0.05, 0) is 44.8 Å². The molecule has 1 aromatic heterocycles. The fourth-order valence-electron chi connectivity index (χ4n) is 1.15. The zero-order chi connectivity index (χ0) is 12.8. The molecule has 1 aromatic rings. The van der Waals surface area contributed by atoms with Crippen LogP contribution in [0.3, 0.4) is 0 Å². The molecule has 0 aliphatic heterocycles. The lowest BCUT2D eigenvalue weighted by atomic mass is 10.4. The first kappa shape index (κ1) is 14.2. The predicted octanol–water partition coefficient (Wildman–Crippen LogP) is 2.49. The van der Waals surface area contributed by atoms with Crippen LogP contribution in [0.25, 0.3) is 0 Å². The van der Waals surface area contributed by atoms with Crippen molar-refractivity contribution in [1.29, 1.82) is 0 Å². The van der Waals surface area contributed by atoms with Crippen molar-refractivity contribution in [2.24, 2.45) is 0 Å². The van der Waals surface area contributed by atoms with Gasteiger partial charge in [0.15, 0.2) is 0 Å². The van der Waals surface area contributed by atoms with Gasteiger partial charge in [0.2, 0.25) is 0 Å². The molecule has 6 heteroatoms. The smallest absolute Gasteiger partial charge is 0.330 e. The summed E-state index contributed by atoms with van der Waals surface area (Å²) >= 11 is 6.45. The number of carbonyl (C=O) groups excluding carboxylic acids is 1. The van der Waals surface area contributed by atoms with Gasteiger partial charge >= 0.3 is 5.97 Å². The van der Waals surface area contributed by atoms with E-state index in [1.807, 2.05) is 0 Å². The van der Waals surface area contributed by atoms with Crippen LogP contribution in [0.1, 0.15) is 6.92 Å². The maximum Gasteiger partial charge on any atom is 0.330 e. The maximum atomic E-state index is 11.7. The fraction of sp³-hybridized carbons (Fsp3) is 0.273. The molecule has 1 rings (SSSR count). The Morgan fingerprint density at radius 3 is 2.88 bits per heavy atom. The van der Waals surface area contributed by atoms with E-state index in [4.69, 9.17) is 4.74 Å². The van der Waals surface area contributed by atoms with Crippen molar-refractivity contribution in [3.05, 3.63) is 43.7 Å². The summed E-state index contributed by atoms with van der Waals surface area (Å²) in [5, 5.41) is 0. The van der Waals surface area contributed by atoms with Crippen molar-refractivity contribution in [2.75, 3.05) is 6.61 Å². The maximum absolute atomic E-state index is 11.7. The number of aromatic nitrogens is 1. The summed E-state index contributed by atoms with van der Waals surface area (Å²) in [6.45, 7) is 2.39. The Bertz CT molecular complexity index is 494.